The van der Waals surface area contributed by atoms with Gasteiger partial charge in [0.15, 0.2) is 0 Å². The van der Waals surface area contributed by atoms with Crippen molar-refractivity contribution in [2.75, 3.05) is 13.1 Å². The van der Waals surface area contributed by atoms with Crippen LogP contribution in [0, 0.1) is 17.8 Å². The molecule has 0 saturated heterocycles. The van der Waals surface area contributed by atoms with E-state index >= 15 is 0 Å². The van der Waals surface area contributed by atoms with Gasteiger partial charge < -0.3 is 4.98 Å². The maximum atomic E-state index is 3.65. The normalized spacial score (nSPS) is 31.1. The number of benzene rings is 1. The van der Waals surface area contributed by atoms with Crippen molar-refractivity contribution in [1.29, 1.82) is 0 Å². The van der Waals surface area contributed by atoms with Crippen LogP contribution in [0.3, 0.4) is 0 Å². The number of para-hydroxylation sites is 1. The summed E-state index contributed by atoms with van der Waals surface area (Å²) in [4.78, 5) is 6.33. The zero-order valence-electron chi connectivity index (χ0n) is 12.4. The minimum Gasteiger partial charge on any atom is -0.357 e. The summed E-state index contributed by atoms with van der Waals surface area (Å²) < 4.78 is 0. The Kier molecular flexibility index (Phi) is 2.57. The first kappa shape index (κ1) is 12.0. The van der Waals surface area contributed by atoms with Gasteiger partial charge >= 0.3 is 0 Å². The zero-order valence-corrected chi connectivity index (χ0v) is 12.4. The summed E-state index contributed by atoms with van der Waals surface area (Å²) in [5.74, 6) is 2.68. The predicted octanol–water partition coefficient (Wildman–Crippen LogP) is 3.74. The van der Waals surface area contributed by atoms with Gasteiger partial charge in [0, 0.05) is 36.2 Å². The van der Waals surface area contributed by atoms with Gasteiger partial charge in [0.25, 0.3) is 0 Å². The van der Waals surface area contributed by atoms with Crippen molar-refractivity contribution in [2.24, 2.45) is 17.8 Å². The fourth-order valence-electron chi connectivity index (χ4n) is 4.84. The topological polar surface area (TPSA) is 19.0 Å². The Morgan fingerprint density at radius 3 is 2.95 bits per heavy atom. The summed E-state index contributed by atoms with van der Waals surface area (Å²) in [6.45, 7) is 3.63. The minimum atomic E-state index is 0.874. The molecule has 1 saturated carbocycles. The van der Waals surface area contributed by atoms with Gasteiger partial charge in [-0.15, -0.1) is 0 Å². The van der Waals surface area contributed by atoms with Gasteiger partial charge in [-0.25, -0.2) is 0 Å². The first-order chi connectivity index (χ1) is 10.4. The number of aromatic amines is 1. The number of nitrogens with one attached hydrogen (secondary N) is 1. The van der Waals surface area contributed by atoms with Crippen LogP contribution in [0.25, 0.3) is 10.9 Å². The molecule has 0 unspecified atom stereocenters. The summed E-state index contributed by atoms with van der Waals surface area (Å²) in [5.41, 5.74) is 4.34. The van der Waals surface area contributed by atoms with E-state index in [1.54, 1.807) is 5.56 Å². The minimum absolute atomic E-state index is 0.874. The first-order valence-corrected chi connectivity index (χ1v) is 8.36. The highest BCUT2D eigenvalue weighted by atomic mass is 15.1. The highest BCUT2D eigenvalue weighted by Gasteiger charge is 2.36. The molecular weight excluding hydrogens is 256 g/mol. The molecule has 1 aliphatic heterocycles. The Labute approximate surface area is 125 Å². The molecule has 2 aromatic rings. The molecule has 1 aromatic heterocycles. The van der Waals surface area contributed by atoms with Crippen molar-refractivity contribution >= 4 is 10.9 Å². The van der Waals surface area contributed by atoms with Crippen LogP contribution in [0.5, 0.6) is 0 Å². The van der Waals surface area contributed by atoms with Crippen LogP contribution in [0.4, 0.5) is 0 Å². The van der Waals surface area contributed by atoms with Gasteiger partial charge in [-0.05, 0) is 48.6 Å². The van der Waals surface area contributed by atoms with Crippen molar-refractivity contribution in [1.82, 2.24) is 9.88 Å². The Morgan fingerprint density at radius 1 is 1.14 bits per heavy atom. The Hall–Kier alpha value is -1.54. The molecule has 21 heavy (non-hydrogen) atoms. The maximum absolute atomic E-state index is 3.65. The van der Waals surface area contributed by atoms with Crippen molar-refractivity contribution in [3.8, 4) is 0 Å². The third kappa shape index (κ3) is 1.89. The molecule has 1 N–H and O–H groups in total. The van der Waals surface area contributed by atoms with Gasteiger partial charge in [0.2, 0.25) is 0 Å². The van der Waals surface area contributed by atoms with E-state index in [1.165, 1.54) is 48.9 Å². The third-order valence-corrected chi connectivity index (χ3v) is 5.87. The Bertz CT molecular complexity index is 711. The molecule has 2 heterocycles. The van der Waals surface area contributed by atoms with Crippen molar-refractivity contribution in [3.05, 3.63) is 47.7 Å². The Morgan fingerprint density at radius 2 is 2.10 bits per heavy atom. The lowest BCUT2D eigenvalue weighted by molar-refractivity contribution is 0.197. The van der Waals surface area contributed by atoms with Crippen molar-refractivity contribution < 1.29 is 0 Å². The molecule has 3 atom stereocenters. The lowest BCUT2D eigenvalue weighted by atomic mass is 9.92. The number of aromatic nitrogens is 1. The number of hydrogen-bond donors (Lipinski definition) is 1. The lowest BCUT2D eigenvalue weighted by Gasteiger charge is -2.31. The van der Waals surface area contributed by atoms with E-state index in [1.807, 2.05) is 0 Å². The molecule has 1 fully saturated rings. The second-order valence-corrected chi connectivity index (χ2v) is 7.15. The number of hydrogen-bond acceptors (Lipinski definition) is 1. The van der Waals surface area contributed by atoms with E-state index in [0.29, 0.717) is 0 Å². The second kappa shape index (κ2) is 4.48. The summed E-state index contributed by atoms with van der Waals surface area (Å²) in [5, 5.41) is 1.44. The number of fused-ring (bicyclic) bond motifs is 5. The smallest absolute Gasteiger partial charge is 0.0459 e. The zero-order chi connectivity index (χ0) is 13.8. The summed E-state index contributed by atoms with van der Waals surface area (Å²) in [6, 6.07) is 8.76. The molecule has 0 radical (unpaired) electrons. The van der Waals surface area contributed by atoms with E-state index in [9.17, 15) is 0 Å². The molecule has 2 heteroatoms. The summed E-state index contributed by atoms with van der Waals surface area (Å²) in [7, 11) is 0. The van der Waals surface area contributed by atoms with E-state index in [4.69, 9.17) is 0 Å². The molecule has 3 aliphatic rings. The van der Waals surface area contributed by atoms with Crippen LogP contribution in [-0.2, 0) is 13.0 Å². The maximum Gasteiger partial charge on any atom is 0.0459 e. The highest BCUT2D eigenvalue weighted by Crippen LogP contribution is 2.44. The van der Waals surface area contributed by atoms with Crippen LogP contribution in [0.2, 0.25) is 0 Å². The Balaban J connectivity index is 1.37. The standard InChI is InChI=1S/C19H22N2/c1-2-4-18-16(3-1)17-7-8-21(12-19(17)20-18)11-15-10-13-5-6-14(15)9-13/h1-6,13-15,20H,7-12H2/t13-,14-,15+/m0/s1. The summed E-state index contributed by atoms with van der Waals surface area (Å²) >= 11 is 0. The van der Waals surface area contributed by atoms with Gasteiger partial charge in [0.1, 0.15) is 0 Å². The van der Waals surface area contributed by atoms with Crippen LogP contribution in [0.1, 0.15) is 24.1 Å². The van der Waals surface area contributed by atoms with Crippen molar-refractivity contribution in [3.63, 3.8) is 0 Å². The molecular formula is C19H22N2. The van der Waals surface area contributed by atoms with Gasteiger partial charge in [-0.1, -0.05) is 30.4 Å². The predicted molar refractivity (Wildman–Crippen MR) is 86.1 cm³/mol. The molecule has 0 amide bonds. The monoisotopic (exact) mass is 278 g/mol. The van der Waals surface area contributed by atoms with E-state index in [0.717, 1.165) is 24.3 Å². The average molecular weight is 278 g/mol. The number of rotatable bonds is 2. The van der Waals surface area contributed by atoms with E-state index in [-0.39, 0.29) is 0 Å². The lowest BCUT2D eigenvalue weighted by Crippen LogP contribution is -2.35. The van der Waals surface area contributed by atoms with Gasteiger partial charge in [-0.3, -0.25) is 4.90 Å². The summed E-state index contributed by atoms with van der Waals surface area (Å²) in [6.07, 6.45) is 8.99. The van der Waals surface area contributed by atoms with Gasteiger partial charge in [0.05, 0.1) is 0 Å². The number of H-pyrrole nitrogens is 1. The second-order valence-electron chi connectivity index (χ2n) is 7.15. The van der Waals surface area contributed by atoms with Gasteiger partial charge in [-0.2, -0.15) is 0 Å². The molecule has 2 aliphatic carbocycles. The van der Waals surface area contributed by atoms with E-state index in [2.05, 4.69) is 46.3 Å². The first-order valence-electron chi connectivity index (χ1n) is 8.36. The molecule has 2 nitrogen and oxygen atoms in total. The molecule has 2 bridgehead atoms. The molecule has 1 aromatic carbocycles. The average Bonchev–Trinajstić information content (AvgIpc) is 3.19. The van der Waals surface area contributed by atoms with Crippen LogP contribution in [0.15, 0.2) is 36.4 Å². The molecule has 5 rings (SSSR count). The SMILES string of the molecule is C1=C[C@H]2C[C@H]1C[C@@H]2CN1CCc2c([nH]c3ccccc23)C1. The largest absolute Gasteiger partial charge is 0.357 e. The fourth-order valence-corrected chi connectivity index (χ4v) is 4.84. The number of nitrogens with zero attached hydrogens (tertiary/aromatic N) is 1. The van der Waals surface area contributed by atoms with Crippen LogP contribution < -0.4 is 0 Å². The fraction of sp³-hybridized carbons (Fsp3) is 0.474. The van der Waals surface area contributed by atoms with Crippen LogP contribution in [-0.4, -0.2) is 23.0 Å². The third-order valence-electron chi connectivity index (χ3n) is 5.87. The molecule has 0 spiro atoms. The van der Waals surface area contributed by atoms with Crippen molar-refractivity contribution in [2.45, 2.75) is 25.8 Å². The quantitative estimate of drug-likeness (QED) is 0.829. The van der Waals surface area contributed by atoms with E-state index < -0.39 is 0 Å². The highest BCUT2D eigenvalue weighted by molar-refractivity contribution is 5.84. The number of allylic oxidation sites excluding steroid dienone is 2. The van der Waals surface area contributed by atoms with Crippen LogP contribution >= 0.6 is 0 Å². The molecule has 108 valence electrons.